The summed E-state index contributed by atoms with van der Waals surface area (Å²) in [5.41, 5.74) is 2.77. The van der Waals surface area contributed by atoms with Crippen LogP contribution in [0.1, 0.15) is 50.3 Å². The predicted octanol–water partition coefficient (Wildman–Crippen LogP) is 4.14. The zero-order valence-electron chi connectivity index (χ0n) is 17.8. The molecule has 2 aromatic rings. The van der Waals surface area contributed by atoms with Crippen LogP contribution in [0.2, 0.25) is 0 Å². The van der Waals surface area contributed by atoms with Crippen LogP contribution in [0.3, 0.4) is 0 Å². The number of hydrogen-bond acceptors (Lipinski definition) is 6. The molecule has 158 valence electrons. The number of benzene rings is 2. The molecule has 1 N–H and O–H groups in total. The van der Waals surface area contributed by atoms with E-state index in [1.54, 1.807) is 13.2 Å². The van der Waals surface area contributed by atoms with Crippen molar-refractivity contribution in [1.29, 1.82) is 0 Å². The first-order valence-electron chi connectivity index (χ1n) is 10.8. The number of rotatable bonds is 3. The Bertz CT molecular complexity index is 979. The van der Waals surface area contributed by atoms with Crippen molar-refractivity contribution >= 4 is 5.71 Å². The molecule has 3 heterocycles. The van der Waals surface area contributed by atoms with Gasteiger partial charge in [-0.25, -0.2) is 5.01 Å². The van der Waals surface area contributed by atoms with E-state index in [1.807, 2.05) is 18.2 Å². The number of likely N-dealkylation sites (tertiary alicyclic amines) is 1. The average Bonchev–Trinajstić information content (AvgIpc) is 3.21. The summed E-state index contributed by atoms with van der Waals surface area (Å²) in [5, 5.41) is 17.3. The summed E-state index contributed by atoms with van der Waals surface area (Å²) < 4.78 is 12.0. The smallest absolute Gasteiger partial charge is 0.200 e. The fourth-order valence-corrected chi connectivity index (χ4v) is 4.98. The molecule has 30 heavy (non-hydrogen) atoms. The molecule has 0 aromatic heterocycles. The van der Waals surface area contributed by atoms with Gasteiger partial charge in [-0.2, -0.15) is 5.10 Å². The van der Waals surface area contributed by atoms with Gasteiger partial charge < -0.3 is 19.5 Å². The molecule has 5 rings (SSSR count). The lowest BCUT2D eigenvalue weighted by Crippen LogP contribution is -2.59. The van der Waals surface area contributed by atoms with E-state index in [-0.39, 0.29) is 11.8 Å². The van der Waals surface area contributed by atoms with Crippen LogP contribution < -0.4 is 9.47 Å². The third kappa shape index (κ3) is 3.01. The maximum Gasteiger partial charge on any atom is 0.200 e. The highest BCUT2D eigenvalue weighted by atomic mass is 16.5. The monoisotopic (exact) mass is 407 g/mol. The van der Waals surface area contributed by atoms with E-state index in [2.05, 4.69) is 42.0 Å². The Morgan fingerprint density at radius 3 is 2.67 bits per heavy atom. The van der Waals surface area contributed by atoms with Gasteiger partial charge in [0, 0.05) is 49.5 Å². The molecule has 6 heteroatoms. The lowest BCUT2D eigenvalue weighted by atomic mass is 9.90. The molecule has 6 nitrogen and oxygen atoms in total. The Balaban J connectivity index is 1.53. The van der Waals surface area contributed by atoms with Crippen molar-refractivity contribution in [3.8, 4) is 17.2 Å². The number of fused-ring (bicyclic) bond motifs is 4. The maximum atomic E-state index is 9.98. The molecular weight excluding hydrogens is 378 g/mol. The van der Waals surface area contributed by atoms with Gasteiger partial charge in [0.2, 0.25) is 5.72 Å². The zero-order chi connectivity index (χ0) is 20.9. The van der Waals surface area contributed by atoms with Gasteiger partial charge in [0.1, 0.15) is 5.75 Å². The summed E-state index contributed by atoms with van der Waals surface area (Å²) in [6, 6.07) is 14.5. The highest BCUT2D eigenvalue weighted by molar-refractivity contribution is 6.02. The van der Waals surface area contributed by atoms with Gasteiger partial charge >= 0.3 is 0 Å². The second-order valence-corrected chi connectivity index (χ2v) is 8.71. The third-order valence-electron chi connectivity index (χ3n) is 6.73. The minimum atomic E-state index is -0.410. The summed E-state index contributed by atoms with van der Waals surface area (Å²) in [6.07, 6.45) is 2.65. The molecule has 1 saturated heterocycles. The van der Waals surface area contributed by atoms with Crippen LogP contribution >= 0.6 is 0 Å². The average molecular weight is 408 g/mol. The molecule has 1 atom stereocenters. The zero-order valence-corrected chi connectivity index (χ0v) is 17.8. The lowest BCUT2D eigenvalue weighted by molar-refractivity contribution is -0.152. The molecule has 0 aliphatic carbocycles. The first-order chi connectivity index (χ1) is 14.5. The van der Waals surface area contributed by atoms with Crippen LogP contribution in [0.4, 0.5) is 0 Å². The highest BCUT2D eigenvalue weighted by Gasteiger charge is 2.51. The normalized spacial score (nSPS) is 22.5. The Kier molecular flexibility index (Phi) is 4.62. The Labute approximate surface area is 177 Å². The van der Waals surface area contributed by atoms with Gasteiger partial charge in [-0.3, -0.25) is 0 Å². The molecule has 3 aliphatic rings. The Morgan fingerprint density at radius 1 is 1.17 bits per heavy atom. The predicted molar refractivity (Wildman–Crippen MR) is 116 cm³/mol. The van der Waals surface area contributed by atoms with Crippen molar-refractivity contribution in [2.24, 2.45) is 5.10 Å². The molecule has 0 bridgehead atoms. The number of phenolic OH excluding ortho intramolecular Hbond substituents is 1. The Morgan fingerprint density at radius 2 is 1.93 bits per heavy atom. The number of hydrazone groups is 1. The molecule has 0 amide bonds. The number of hydrogen-bond donors (Lipinski definition) is 1. The van der Waals surface area contributed by atoms with Crippen LogP contribution in [-0.2, 0) is 0 Å². The van der Waals surface area contributed by atoms with Gasteiger partial charge in [-0.1, -0.05) is 18.2 Å². The van der Waals surface area contributed by atoms with Crippen molar-refractivity contribution in [1.82, 2.24) is 9.91 Å². The van der Waals surface area contributed by atoms with Gasteiger partial charge in [0.15, 0.2) is 11.5 Å². The van der Waals surface area contributed by atoms with E-state index in [1.165, 1.54) is 5.56 Å². The van der Waals surface area contributed by atoms with Crippen molar-refractivity contribution in [2.45, 2.75) is 50.9 Å². The molecular formula is C24H29N3O3. The molecule has 0 saturated carbocycles. The van der Waals surface area contributed by atoms with Crippen LogP contribution in [0.15, 0.2) is 47.6 Å². The standard InChI is InChI=1S/C24H29N3O3/c1-16(2)26-12-10-24(11-13-26)27-20(18-6-4-5-7-22(18)30-24)15-19(25-27)17-8-9-21(28)23(14-17)29-3/h4-9,14,16,20,28H,10-13,15H2,1-3H3/t20-/m1/s1. The molecule has 0 radical (unpaired) electrons. The topological polar surface area (TPSA) is 57.5 Å². The van der Waals surface area contributed by atoms with E-state index < -0.39 is 5.72 Å². The first kappa shape index (κ1) is 19.2. The fourth-order valence-electron chi connectivity index (χ4n) is 4.98. The number of para-hydroxylation sites is 1. The van der Waals surface area contributed by atoms with E-state index in [0.29, 0.717) is 11.8 Å². The quantitative estimate of drug-likeness (QED) is 0.829. The van der Waals surface area contributed by atoms with Crippen molar-refractivity contribution < 1.29 is 14.6 Å². The second-order valence-electron chi connectivity index (χ2n) is 8.71. The van der Waals surface area contributed by atoms with E-state index in [0.717, 1.165) is 49.4 Å². The van der Waals surface area contributed by atoms with Crippen molar-refractivity contribution in [2.75, 3.05) is 20.2 Å². The molecule has 1 fully saturated rings. The molecule has 3 aliphatic heterocycles. The summed E-state index contributed by atoms with van der Waals surface area (Å²) in [7, 11) is 1.57. The van der Waals surface area contributed by atoms with Crippen LogP contribution in [0.5, 0.6) is 17.2 Å². The number of nitrogens with zero attached hydrogens (tertiary/aromatic N) is 3. The van der Waals surface area contributed by atoms with Crippen molar-refractivity contribution in [3.63, 3.8) is 0 Å². The lowest BCUT2D eigenvalue weighted by Gasteiger charge is -2.51. The first-order valence-corrected chi connectivity index (χ1v) is 10.8. The summed E-state index contributed by atoms with van der Waals surface area (Å²) in [5.74, 6) is 1.59. The third-order valence-corrected chi connectivity index (χ3v) is 6.73. The van der Waals surface area contributed by atoms with E-state index in [4.69, 9.17) is 14.6 Å². The molecule has 1 spiro atoms. The maximum absolute atomic E-state index is 9.98. The summed E-state index contributed by atoms with van der Waals surface area (Å²) in [6.45, 7) is 6.51. The van der Waals surface area contributed by atoms with Gasteiger partial charge in [-0.05, 0) is 38.1 Å². The van der Waals surface area contributed by atoms with Gasteiger partial charge in [0.25, 0.3) is 0 Å². The molecule has 0 unspecified atom stereocenters. The number of ether oxygens (including phenoxy) is 2. The fraction of sp³-hybridized carbons (Fsp3) is 0.458. The minimum Gasteiger partial charge on any atom is -0.504 e. The van der Waals surface area contributed by atoms with E-state index in [9.17, 15) is 5.11 Å². The van der Waals surface area contributed by atoms with Gasteiger partial charge in [-0.15, -0.1) is 0 Å². The summed E-state index contributed by atoms with van der Waals surface area (Å²) in [4.78, 5) is 2.51. The number of piperidine rings is 1. The summed E-state index contributed by atoms with van der Waals surface area (Å²) >= 11 is 0. The highest BCUT2D eigenvalue weighted by Crippen LogP contribution is 2.50. The Hall–Kier alpha value is -2.73. The number of aromatic hydroxyl groups is 1. The van der Waals surface area contributed by atoms with Crippen LogP contribution in [0.25, 0.3) is 0 Å². The van der Waals surface area contributed by atoms with Crippen molar-refractivity contribution in [3.05, 3.63) is 53.6 Å². The molecule has 2 aromatic carbocycles. The van der Waals surface area contributed by atoms with Crippen LogP contribution in [0, 0.1) is 0 Å². The van der Waals surface area contributed by atoms with E-state index >= 15 is 0 Å². The number of methoxy groups -OCH3 is 1. The van der Waals surface area contributed by atoms with Crippen LogP contribution in [-0.4, -0.2) is 52.7 Å². The van der Waals surface area contributed by atoms with Gasteiger partial charge in [0.05, 0.1) is 18.9 Å². The second kappa shape index (κ2) is 7.20. The minimum absolute atomic E-state index is 0.142. The number of phenols is 1. The SMILES string of the molecule is COc1cc(C2=NN3[C@H](C2)c2ccccc2OC32CCN(C(C)C)CC2)ccc1O. The largest absolute Gasteiger partial charge is 0.504 e.